The summed E-state index contributed by atoms with van der Waals surface area (Å²) < 4.78 is 20.7. The molecule has 7 heteroatoms. The van der Waals surface area contributed by atoms with Crippen LogP contribution in [-0.2, 0) is 20.8 Å². The van der Waals surface area contributed by atoms with Crippen molar-refractivity contribution < 1.29 is 33.5 Å². The first kappa shape index (κ1) is 20.7. The Kier molecular flexibility index (Phi) is 8.03. The van der Waals surface area contributed by atoms with E-state index < -0.39 is 11.9 Å². The monoisotopic (exact) mass is 376 g/mol. The molecule has 0 saturated heterocycles. The molecule has 0 atom stereocenters. The third kappa shape index (κ3) is 5.94. The van der Waals surface area contributed by atoms with Gasteiger partial charge in [-0.15, -0.1) is 0 Å². The highest BCUT2D eigenvalue weighted by atomic mass is 16.5. The van der Waals surface area contributed by atoms with E-state index in [9.17, 15) is 9.59 Å². The molecule has 0 unspecified atom stereocenters. The van der Waals surface area contributed by atoms with Gasteiger partial charge in [-0.05, 0) is 37.3 Å². The summed E-state index contributed by atoms with van der Waals surface area (Å²) in [6.07, 6.45) is 0.977. The number of quaternary nitrogens is 1. The van der Waals surface area contributed by atoms with Crippen molar-refractivity contribution in [2.24, 2.45) is 0 Å². The quantitative estimate of drug-likeness (QED) is 0.504. The molecular formula is C20H26NO6+. The fraction of sp³-hybridized carbons (Fsp3) is 0.400. The second-order valence-electron chi connectivity index (χ2n) is 5.88. The van der Waals surface area contributed by atoms with Crippen LogP contribution < -0.4 is 5.32 Å². The molecule has 0 amide bonds. The molecule has 0 aliphatic heterocycles. The van der Waals surface area contributed by atoms with E-state index in [1.54, 1.807) is 12.1 Å². The van der Waals surface area contributed by atoms with Crippen LogP contribution >= 0.6 is 0 Å². The maximum absolute atomic E-state index is 11.9. The molecule has 0 aliphatic rings. The highest BCUT2D eigenvalue weighted by Crippen LogP contribution is 2.25. The van der Waals surface area contributed by atoms with Gasteiger partial charge in [0.25, 0.3) is 0 Å². The smallest absolute Gasteiger partial charge is 0.337 e. The minimum atomic E-state index is -0.531. The fourth-order valence-electron chi connectivity index (χ4n) is 2.60. The van der Waals surface area contributed by atoms with Gasteiger partial charge in [-0.25, -0.2) is 9.59 Å². The van der Waals surface area contributed by atoms with Gasteiger partial charge in [0.05, 0.1) is 38.5 Å². The van der Waals surface area contributed by atoms with Gasteiger partial charge in [0.1, 0.15) is 12.3 Å². The van der Waals surface area contributed by atoms with Gasteiger partial charge in [0.2, 0.25) is 0 Å². The predicted octanol–water partition coefficient (Wildman–Crippen LogP) is 2.01. The van der Waals surface area contributed by atoms with Crippen molar-refractivity contribution in [1.29, 1.82) is 0 Å². The first-order valence-corrected chi connectivity index (χ1v) is 8.89. The second-order valence-corrected chi connectivity index (χ2v) is 5.88. The average Bonchev–Trinajstić information content (AvgIpc) is 3.18. The zero-order valence-corrected chi connectivity index (χ0v) is 15.9. The number of hydrogen-bond acceptors (Lipinski definition) is 6. The van der Waals surface area contributed by atoms with Crippen molar-refractivity contribution in [1.82, 2.24) is 0 Å². The predicted molar refractivity (Wildman–Crippen MR) is 98.4 cm³/mol. The Hall–Kier alpha value is -2.64. The van der Waals surface area contributed by atoms with Crippen LogP contribution in [0.2, 0.25) is 0 Å². The molecule has 1 aromatic carbocycles. The van der Waals surface area contributed by atoms with Gasteiger partial charge in [0.15, 0.2) is 5.76 Å². The number of ether oxygens (including phenoxy) is 3. The summed E-state index contributed by atoms with van der Waals surface area (Å²) >= 11 is 0. The van der Waals surface area contributed by atoms with Crippen LogP contribution in [0.15, 0.2) is 34.7 Å². The Bertz CT molecular complexity index is 733. The summed E-state index contributed by atoms with van der Waals surface area (Å²) in [5, 5.41) is 2.15. The molecule has 1 aromatic heterocycles. The van der Waals surface area contributed by atoms with Crippen LogP contribution in [0.5, 0.6) is 0 Å². The third-order valence-electron chi connectivity index (χ3n) is 3.97. The summed E-state index contributed by atoms with van der Waals surface area (Å²) in [4.78, 5) is 23.8. The zero-order valence-electron chi connectivity index (χ0n) is 15.9. The number of furan rings is 1. The number of carbonyl (C=O) groups excluding carboxylic acids is 2. The molecule has 7 nitrogen and oxygen atoms in total. The molecule has 2 N–H and O–H groups in total. The van der Waals surface area contributed by atoms with Crippen LogP contribution in [0.4, 0.5) is 0 Å². The normalized spacial score (nSPS) is 10.6. The molecule has 0 aliphatic carbocycles. The minimum Gasteiger partial charge on any atom is -0.465 e. The van der Waals surface area contributed by atoms with Crippen LogP contribution in [0.3, 0.4) is 0 Å². The lowest BCUT2D eigenvalue weighted by atomic mass is 10.0. The molecule has 146 valence electrons. The number of esters is 2. The van der Waals surface area contributed by atoms with Gasteiger partial charge in [-0.1, -0.05) is 0 Å². The first-order valence-electron chi connectivity index (χ1n) is 8.89. The Balaban J connectivity index is 2.11. The highest BCUT2D eigenvalue weighted by molar-refractivity contribution is 5.97. The van der Waals surface area contributed by atoms with Gasteiger partial charge >= 0.3 is 11.9 Å². The molecule has 2 rings (SSSR count). The second kappa shape index (κ2) is 10.5. The van der Waals surface area contributed by atoms with E-state index in [0.717, 1.165) is 31.9 Å². The van der Waals surface area contributed by atoms with E-state index >= 15 is 0 Å². The van der Waals surface area contributed by atoms with E-state index in [2.05, 4.69) is 5.32 Å². The molecule has 2 aromatic rings. The lowest BCUT2D eigenvalue weighted by molar-refractivity contribution is -0.672. The Morgan fingerprint density at radius 2 is 1.70 bits per heavy atom. The summed E-state index contributed by atoms with van der Waals surface area (Å²) in [6.45, 7) is 5.12. The Labute approximate surface area is 158 Å². The average molecular weight is 376 g/mol. The Morgan fingerprint density at radius 1 is 1.04 bits per heavy atom. The highest BCUT2D eigenvalue weighted by Gasteiger charge is 2.16. The van der Waals surface area contributed by atoms with Crippen molar-refractivity contribution in [2.45, 2.75) is 19.9 Å². The van der Waals surface area contributed by atoms with E-state index in [1.165, 1.54) is 20.3 Å². The van der Waals surface area contributed by atoms with Crippen molar-refractivity contribution in [2.75, 3.05) is 34.0 Å². The summed E-state index contributed by atoms with van der Waals surface area (Å²) in [7, 11) is 2.58. The largest absolute Gasteiger partial charge is 0.465 e. The topological polar surface area (TPSA) is 91.6 Å². The maximum atomic E-state index is 11.9. The Morgan fingerprint density at radius 3 is 2.30 bits per heavy atom. The molecule has 0 spiro atoms. The van der Waals surface area contributed by atoms with Gasteiger partial charge < -0.3 is 23.9 Å². The van der Waals surface area contributed by atoms with Crippen molar-refractivity contribution in [3.63, 3.8) is 0 Å². The first-order chi connectivity index (χ1) is 13.1. The van der Waals surface area contributed by atoms with Crippen LogP contribution in [0.25, 0.3) is 11.3 Å². The van der Waals surface area contributed by atoms with Crippen LogP contribution in [0.1, 0.15) is 39.8 Å². The number of nitrogens with two attached hydrogens (primary N) is 1. The van der Waals surface area contributed by atoms with E-state index in [1.807, 2.05) is 19.1 Å². The van der Waals surface area contributed by atoms with E-state index in [-0.39, 0.29) is 11.1 Å². The summed E-state index contributed by atoms with van der Waals surface area (Å²) in [5.74, 6) is 0.320. The lowest BCUT2D eigenvalue weighted by Crippen LogP contribution is -2.82. The summed E-state index contributed by atoms with van der Waals surface area (Å²) in [5.41, 5.74) is 1.13. The molecule has 0 fully saturated rings. The number of rotatable bonds is 10. The van der Waals surface area contributed by atoms with E-state index in [0.29, 0.717) is 17.9 Å². The molecule has 0 saturated carbocycles. The van der Waals surface area contributed by atoms with Crippen molar-refractivity contribution >= 4 is 11.9 Å². The van der Waals surface area contributed by atoms with Crippen molar-refractivity contribution in [3.05, 3.63) is 47.2 Å². The number of hydrogen-bond donors (Lipinski definition) is 1. The minimum absolute atomic E-state index is 0.260. The van der Waals surface area contributed by atoms with E-state index in [4.69, 9.17) is 18.6 Å². The number of benzene rings is 1. The van der Waals surface area contributed by atoms with Crippen LogP contribution in [-0.4, -0.2) is 45.9 Å². The van der Waals surface area contributed by atoms with Crippen LogP contribution in [0, 0.1) is 0 Å². The summed E-state index contributed by atoms with van der Waals surface area (Å²) in [6, 6.07) is 8.41. The molecule has 27 heavy (non-hydrogen) atoms. The SMILES string of the molecule is CCOCCC[NH2+]Cc1ccc(-c2cc(C(=O)OC)cc(C(=O)OC)c2)o1. The van der Waals surface area contributed by atoms with Gasteiger partial charge in [-0.3, -0.25) is 0 Å². The molecule has 1 heterocycles. The third-order valence-corrected chi connectivity index (χ3v) is 3.97. The zero-order chi connectivity index (χ0) is 19.6. The van der Waals surface area contributed by atoms with Gasteiger partial charge in [-0.2, -0.15) is 0 Å². The fourth-order valence-corrected chi connectivity index (χ4v) is 2.60. The lowest BCUT2D eigenvalue weighted by Gasteiger charge is -2.06. The number of carbonyl (C=O) groups is 2. The number of methoxy groups -OCH3 is 2. The standard InChI is InChI=1S/C20H25NO6/c1-4-26-9-5-8-21-13-17-6-7-18(27-17)14-10-15(19(22)24-2)12-16(11-14)20(23)25-3/h6-7,10-12,21H,4-5,8-9,13H2,1-3H3/p+1. The molecule has 0 bridgehead atoms. The van der Waals surface area contributed by atoms with Crippen molar-refractivity contribution in [3.8, 4) is 11.3 Å². The maximum Gasteiger partial charge on any atom is 0.337 e. The molecule has 0 radical (unpaired) electrons. The van der Waals surface area contributed by atoms with Gasteiger partial charge in [0, 0.05) is 18.6 Å². The molecular weight excluding hydrogens is 350 g/mol.